The van der Waals surface area contributed by atoms with E-state index in [1.807, 2.05) is 0 Å². The minimum Gasteiger partial charge on any atom is -0.462 e. The van der Waals surface area contributed by atoms with Crippen LogP contribution in [0.4, 0.5) is 0 Å². The maximum Gasteiger partial charge on any atom is 0.472 e. The summed E-state index contributed by atoms with van der Waals surface area (Å²) < 4.78 is 32.1. The minimum atomic E-state index is -4.28. The molecule has 0 aliphatic heterocycles. The third-order valence-electron chi connectivity index (χ3n) is 9.82. The molecule has 0 aromatic carbocycles. The Labute approximate surface area is 373 Å². The molecule has 0 fully saturated rings. The fourth-order valence-corrected chi connectivity index (χ4v) is 6.69. The van der Waals surface area contributed by atoms with Crippen molar-refractivity contribution in [3.8, 4) is 0 Å². The van der Waals surface area contributed by atoms with Gasteiger partial charge in [0.25, 0.3) is 0 Å². The lowest BCUT2D eigenvalue weighted by Crippen LogP contribution is -2.29. The molecule has 0 heterocycles. The summed E-state index contributed by atoms with van der Waals surface area (Å²) in [5.74, 6) is -0.828. The number of phosphoric acid groups is 1. The van der Waals surface area contributed by atoms with Gasteiger partial charge >= 0.3 is 19.8 Å². The van der Waals surface area contributed by atoms with Crippen molar-refractivity contribution in [3.63, 3.8) is 0 Å². The topological polar surface area (TPSA) is 108 Å². The van der Waals surface area contributed by atoms with Crippen LogP contribution in [-0.4, -0.2) is 43.3 Å². The molecule has 1 N–H and O–H groups in total. The van der Waals surface area contributed by atoms with Crippen LogP contribution in [-0.2, 0) is 32.7 Å². The zero-order valence-electron chi connectivity index (χ0n) is 38.8. The van der Waals surface area contributed by atoms with Gasteiger partial charge in [-0.2, -0.15) is 0 Å². The van der Waals surface area contributed by atoms with E-state index in [0.717, 1.165) is 116 Å². The lowest BCUT2D eigenvalue weighted by atomic mass is 10.1. The van der Waals surface area contributed by atoms with E-state index in [-0.39, 0.29) is 25.4 Å². The maximum atomic E-state index is 12.6. The molecule has 61 heavy (non-hydrogen) atoms. The second-order valence-electron chi connectivity index (χ2n) is 15.5. The van der Waals surface area contributed by atoms with Crippen molar-refractivity contribution in [2.45, 2.75) is 200 Å². The van der Waals surface area contributed by atoms with E-state index in [0.29, 0.717) is 6.42 Å². The molecule has 9 heteroatoms. The fourth-order valence-electron chi connectivity index (χ4n) is 6.23. The van der Waals surface area contributed by atoms with Crippen LogP contribution in [0.25, 0.3) is 0 Å². The number of unbranched alkanes of at least 4 members (excludes halogenated alkanes) is 16. The molecule has 0 aromatic rings. The average Bonchev–Trinajstić information content (AvgIpc) is 3.25. The number of esters is 2. The summed E-state index contributed by atoms with van der Waals surface area (Å²) in [4.78, 5) is 34.6. The third kappa shape index (κ3) is 46.3. The molecular weight excluding hydrogens is 784 g/mol. The van der Waals surface area contributed by atoms with Crippen molar-refractivity contribution in [2.75, 3.05) is 20.3 Å². The summed E-state index contributed by atoms with van der Waals surface area (Å²) in [5, 5.41) is 0. The number of hydrogen-bond donors (Lipinski definition) is 1. The smallest absolute Gasteiger partial charge is 0.462 e. The number of phosphoric ester groups is 1. The molecule has 0 aromatic heterocycles. The molecule has 348 valence electrons. The van der Waals surface area contributed by atoms with Gasteiger partial charge in [-0.25, -0.2) is 4.57 Å². The largest absolute Gasteiger partial charge is 0.472 e. The quantitative estimate of drug-likeness (QED) is 0.0279. The van der Waals surface area contributed by atoms with Crippen LogP contribution in [0.15, 0.2) is 97.2 Å². The zero-order chi connectivity index (χ0) is 44.6. The number of rotatable bonds is 43. The standard InChI is InChI=1S/C52H87O8P/c1-4-6-8-10-12-14-16-18-20-22-24-26-28-30-32-34-36-38-40-42-44-46-51(53)58-48-50(49-59-61(55,56)57-3)60-52(54)47-45-43-41-39-37-35-33-31-29-27-25-23-21-19-17-15-13-11-9-7-5-2/h6-9,12-15,18-21,24-27,50H,4-5,10-11,16-17,22-23,28-49H2,1-3H3,(H,55,56)/b8-6-,9-7-,14-12-,15-13-,20-18-,21-19-,26-24-,27-25-. The molecule has 2 atom stereocenters. The Hall–Kier alpha value is -3.03. The summed E-state index contributed by atoms with van der Waals surface area (Å²) in [7, 11) is -3.22. The summed E-state index contributed by atoms with van der Waals surface area (Å²) >= 11 is 0. The Balaban J connectivity index is 3.99. The van der Waals surface area contributed by atoms with Crippen molar-refractivity contribution in [1.29, 1.82) is 0 Å². The second kappa shape index (κ2) is 46.5. The second-order valence-corrected chi connectivity index (χ2v) is 17.0. The number of allylic oxidation sites excluding steroid dienone is 16. The summed E-state index contributed by atoms with van der Waals surface area (Å²) in [6.07, 6.45) is 63.1. The molecule has 0 saturated carbocycles. The molecule has 2 unspecified atom stereocenters. The molecule has 0 rings (SSSR count). The van der Waals surface area contributed by atoms with Gasteiger partial charge in [0.05, 0.1) is 6.61 Å². The highest BCUT2D eigenvalue weighted by Gasteiger charge is 2.24. The van der Waals surface area contributed by atoms with Gasteiger partial charge in [-0.05, 0) is 89.9 Å². The Kier molecular flexibility index (Phi) is 44.2. The SMILES string of the molecule is CC/C=C\C/C=C\C/C=C\C/C=C\CCCCCCCCCCC(=O)OCC(COP(=O)(O)OC)OC(=O)CCCCCCCCCC/C=C\C/C=C\C/C=C\C/C=C\CC. The number of carbonyl (C=O) groups is 2. The Morgan fingerprint density at radius 3 is 1.16 bits per heavy atom. The first-order valence-corrected chi connectivity index (χ1v) is 25.4. The predicted octanol–water partition coefficient (Wildman–Crippen LogP) is 15.6. The zero-order valence-corrected chi connectivity index (χ0v) is 39.7. The first-order valence-electron chi connectivity index (χ1n) is 23.9. The van der Waals surface area contributed by atoms with Crippen LogP contribution in [0.3, 0.4) is 0 Å². The van der Waals surface area contributed by atoms with E-state index >= 15 is 0 Å². The first kappa shape index (κ1) is 58.0. The van der Waals surface area contributed by atoms with E-state index in [4.69, 9.17) is 14.0 Å². The molecule has 0 saturated heterocycles. The van der Waals surface area contributed by atoms with Crippen molar-refractivity contribution < 1.29 is 37.6 Å². The van der Waals surface area contributed by atoms with Crippen LogP contribution >= 0.6 is 7.82 Å². The van der Waals surface area contributed by atoms with Crippen molar-refractivity contribution in [2.24, 2.45) is 0 Å². The molecule has 0 spiro atoms. The van der Waals surface area contributed by atoms with Gasteiger partial charge in [0, 0.05) is 20.0 Å². The normalized spacial score (nSPS) is 14.1. The number of ether oxygens (including phenoxy) is 2. The van der Waals surface area contributed by atoms with E-state index in [1.165, 1.54) is 51.4 Å². The van der Waals surface area contributed by atoms with E-state index in [1.54, 1.807) is 0 Å². The van der Waals surface area contributed by atoms with E-state index in [9.17, 15) is 19.0 Å². The lowest BCUT2D eigenvalue weighted by Gasteiger charge is -2.19. The highest BCUT2D eigenvalue weighted by molar-refractivity contribution is 7.47. The van der Waals surface area contributed by atoms with Crippen LogP contribution in [0, 0.1) is 0 Å². The predicted molar refractivity (Wildman–Crippen MR) is 257 cm³/mol. The minimum absolute atomic E-state index is 0.228. The fraction of sp³-hybridized carbons (Fsp3) is 0.654. The van der Waals surface area contributed by atoms with E-state index < -0.39 is 26.5 Å². The van der Waals surface area contributed by atoms with Crippen LogP contribution in [0.2, 0.25) is 0 Å². The monoisotopic (exact) mass is 871 g/mol. The van der Waals surface area contributed by atoms with Gasteiger partial charge in [0.2, 0.25) is 0 Å². The highest BCUT2D eigenvalue weighted by atomic mass is 31.2. The molecule has 0 radical (unpaired) electrons. The maximum absolute atomic E-state index is 12.6. The first-order chi connectivity index (χ1) is 29.8. The third-order valence-corrected chi connectivity index (χ3v) is 10.8. The average molecular weight is 871 g/mol. The van der Waals surface area contributed by atoms with Gasteiger partial charge in [0.1, 0.15) is 6.61 Å². The Morgan fingerprint density at radius 2 is 0.787 bits per heavy atom. The van der Waals surface area contributed by atoms with Crippen LogP contribution in [0.1, 0.15) is 194 Å². The Bertz CT molecular complexity index is 1310. The van der Waals surface area contributed by atoms with Gasteiger partial charge in [-0.15, -0.1) is 0 Å². The van der Waals surface area contributed by atoms with Crippen molar-refractivity contribution >= 4 is 19.8 Å². The molecule has 0 amide bonds. The van der Waals surface area contributed by atoms with Crippen molar-refractivity contribution in [3.05, 3.63) is 97.2 Å². The number of carbonyl (C=O) groups excluding carboxylic acids is 2. The summed E-state index contributed by atoms with van der Waals surface area (Å²) in [6, 6.07) is 0. The van der Waals surface area contributed by atoms with Crippen molar-refractivity contribution in [1.82, 2.24) is 0 Å². The lowest BCUT2D eigenvalue weighted by molar-refractivity contribution is -0.161. The van der Waals surface area contributed by atoms with Gasteiger partial charge in [-0.3, -0.25) is 18.6 Å². The van der Waals surface area contributed by atoms with Gasteiger partial charge in [-0.1, -0.05) is 188 Å². The molecule has 0 bridgehead atoms. The highest BCUT2D eigenvalue weighted by Crippen LogP contribution is 2.42. The number of hydrogen-bond acceptors (Lipinski definition) is 7. The van der Waals surface area contributed by atoms with Crippen LogP contribution in [0.5, 0.6) is 0 Å². The summed E-state index contributed by atoms with van der Waals surface area (Å²) in [6.45, 7) is 3.65. The molecule has 0 aliphatic rings. The molecule has 0 aliphatic carbocycles. The summed E-state index contributed by atoms with van der Waals surface area (Å²) in [5.41, 5.74) is 0. The molecule has 8 nitrogen and oxygen atoms in total. The van der Waals surface area contributed by atoms with Crippen LogP contribution < -0.4 is 0 Å². The van der Waals surface area contributed by atoms with Gasteiger partial charge < -0.3 is 14.4 Å². The van der Waals surface area contributed by atoms with E-state index in [2.05, 4.69) is 116 Å². The molecular formula is C52H87O8P. The Morgan fingerprint density at radius 1 is 0.459 bits per heavy atom. The van der Waals surface area contributed by atoms with Gasteiger partial charge in [0.15, 0.2) is 6.10 Å².